The maximum atomic E-state index is 13.6. The first-order chi connectivity index (χ1) is 8.49. The van der Waals surface area contributed by atoms with Crippen molar-refractivity contribution in [3.8, 4) is 0 Å². The molecule has 1 heterocycles. The van der Waals surface area contributed by atoms with Crippen LogP contribution in [0.3, 0.4) is 0 Å². The summed E-state index contributed by atoms with van der Waals surface area (Å²) in [5.74, 6) is -2.94. The second-order valence-corrected chi connectivity index (χ2v) is 4.43. The number of nitrogens with one attached hydrogen (secondary N) is 1. The number of nitrogen functional groups attached to an aromatic ring is 1. The molecule has 0 spiro atoms. The summed E-state index contributed by atoms with van der Waals surface area (Å²) in [7, 11) is 0. The third-order valence-corrected chi connectivity index (χ3v) is 3.06. The molecule has 1 aromatic heterocycles. The topological polar surface area (TPSA) is 68.0 Å². The summed E-state index contributed by atoms with van der Waals surface area (Å²) in [5, 5.41) is 4.31. The maximum absolute atomic E-state index is 13.6. The fraction of sp³-hybridized carbons (Fsp3) is 0.0909. The number of hydrogen-bond donors (Lipinski definition) is 2. The van der Waals surface area contributed by atoms with Gasteiger partial charge in [0, 0.05) is 5.38 Å². The highest BCUT2D eigenvalue weighted by Gasteiger charge is 2.20. The standard InChI is InChI=1S/C11H9F2N3OS/c1-5-4-18-11(15-5)16-10(17)8-6(12)2-3-7(14)9(8)13/h2-4H,14H2,1H3,(H,15,16,17). The van der Waals surface area contributed by atoms with Crippen LogP contribution in [-0.4, -0.2) is 10.9 Å². The minimum absolute atomic E-state index is 0.277. The molecule has 0 aliphatic carbocycles. The molecule has 0 atom stereocenters. The molecule has 1 aromatic carbocycles. The van der Waals surface area contributed by atoms with Gasteiger partial charge < -0.3 is 5.73 Å². The molecule has 0 aliphatic heterocycles. The van der Waals surface area contributed by atoms with E-state index in [1.165, 1.54) is 11.3 Å². The van der Waals surface area contributed by atoms with Crippen LogP contribution in [-0.2, 0) is 0 Å². The molecule has 0 bridgehead atoms. The molecular formula is C11H9F2N3OS. The average Bonchev–Trinajstić information content (AvgIpc) is 2.70. The van der Waals surface area contributed by atoms with Crippen molar-refractivity contribution in [2.24, 2.45) is 0 Å². The first-order valence-electron chi connectivity index (χ1n) is 4.96. The van der Waals surface area contributed by atoms with E-state index in [0.717, 1.165) is 12.1 Å². The Bertz CT molecular complexity index is 612. The number of thiazole rings is 1. The molecule has 3 N–H and O–H groups in total. The van der Waals surface area contributed by atoms with Gasteiger partial charge >= 0.3 is 0 Å². The van der Waals surface area contributed by atoms with Gasteiger partial charge in [-0.15, -0.1) is 11.3 Å². The van der Waals surface area contributed by atoms with Crippen molar-refractivity contribution < 1.29 is 13.6 Å². The Morgan fingerprint density at radius 2 is 2.17 bits per heavy atom. The van der Waals surface area contributed by atoms with Crippen LogP contribution < -0.4 is 11.1 Å². The summed E-state index contributed by atoms with van der Waals surface area (Å²) in [6.07, 6.45) is 0. The fourth-order valence-corrected chi connectivity index (χ4v) is 2.03. The molecule has 0 saturated heterocycles. The van der Waals surface area contributed by atoms with Crippen LogP contribution in [0.2, 0.25) is 0 Å². The van der Waals surface area contributed by atoms with Crippen molar-refractivity contribution in [1.82, 2.24) is 4.98 Å². The van der Waals surface area contributed by atoms with Crippen molar-refractivity contribution in [3.05, 3.63) is 40.4 Å². The lowest BCUT2D eigenvalue weighted by atomic mass is 10.1. The maximum Gasteiger partial charge on any atom is 0.263 e. The van der Waals surface area contributed by atoms with Gasteiger partial charge in [0.2, 0.25) is 0 Å². The number of benzene rings is 1. The second kappa shape index (κ2) is 4.69. The number of anilines is 2. The van der Waals surface area contributed by atoms with Crippen LogP contribution in [0, 0.1) is 18.6 Å². The summed E-state index contributed by atoms with van der Waals surface area (Å²) in [6.45, 7) is 1.74. The zero-order valence-electron chi connectivity index (χ0n) is 9.33. The van der Waals surface area contributed by atoms with Crippen molar-refractivity contribution >= 4 is 28.1 Å². The predicted octanol–water partition coefficient (Wildman–Crippen LogP) is 2.56. The van der Waals surface area contributed by atoms with Crippen molar-refractivity contribution in [1.29, 1.82) is 0 Å². The van der Waals surface area contributed by atoms with Crippen LogP contribution >= 0.6 is 11.3 Å². The molecule has 94 valence electrons. The van der Waals surface area contributed by atoms with Crippen molar-refractivity contribution in [3.63, 3.8) is 0 Å². The molecule has 0 aliphatic rings. The highest BCUT2D eigenvalue weighted by Crippen LogP contribution is 2.21. The highest BCUT2D eigenvalue weighted by atomic mass is 32.1. The van der Waals surface area contributed by atoms with Gasteiger partial charge in [-0.05, 0) is 19.1 Å². The lowest BCUT2D eigenvalue weighted by molar-refractivity contribution is 0.101. The highest BCUT2D eigenvalue weighted by molar-refractivity contribution is 7.13. The Labute approximate surface area is 105 Å². The van der Waals surface area contributed by atoms with Gasteiger partial charge in [0.05, 0.1) is 11.4 Å². The smallest absolute Gasteiger partial charge is 0.263 e. The van der Waals surface area contributed by atoms with E-state index in [9.17, 15) is 13.6 Å². The Morgan fingerprint density at radius 1 is 1.44 bits per heavy atom. The second-order valence-electron chi connectivity index (χ2n) is 3.57. The SMILES string of the molecule is Cc1csc(NC(=O)c2c(F)ccc(N)c2F)n1. The Hall–Kier alpha value is -2.02. The van der Waals surface area contributed by atoms with Gasteiger partial charge in [0.15, 0.2) is 10.9 Å². The molecule has 2 aromatic rings. The number of nitrogens with zero attached hydrogens (tertiary/aromatic N) is 1. The minimum Gasteiger partial charge on any atom is -0.396 e. The number of carbonyl (C=O) groups excluding carboxylic acids is 1. The first-order valence-corrected chi connectivity index (χ1v) is 5.84. The van der Waals surface area contributed by atoms with E-state index in [-0.39, 0.29) is 10.8 Å². The van der Waals surface area contributed by atoms with Gasteiger partial charge in [0.25, 0.3) is 5.91 Å². The Morgan fingerprint density at radius 3 is 2.78 bits per heavy atom. The van der Waals surface area contributed by atoms with Crippen LogP contribution in [0.25, 0.3) is 0 Å². The van der Waals surface area contributed by atoms with Gasteiger partial charge in [-0.1, -0.05) is 0 Å². The van der Waals surface area contributed by atoms with Crippen LogP contribution in [0.5, 0.6) is 0 Å². The van der Waals surface area contributed by atoms with E-state index in [0.29, 0.717) is 5.69 Å². The first kappa shape index (κ1) is 12.4. The number of aromatic nitrogens is 1. The van der Waals surface area contributed by atoms with E-state index in [4.69, 9.17) is 5.73 Å². The third kappa shape index (κ3) is 2.30. The van der Waals surface area contributed by atoms with E-state index >= 15 is 0 Å². The molecule has 0 fully saturated rings. The zero-order chi connectivity index (χ0) is 13.3. The van der Waals surface area contributed by atoms with Gasteiger partial charge in [-0.25, -0.2) is 13.8 Å². The van der Waals surface area contributed by atoms with Gasteiger partial charge in [-0.3, -0.25) is 10.1 Å². The van der Waals surface area contributed by atoms with Gasteiger partial charge in [-0.2, -0.15) is 0 Å². The molecule has 2 rings (SSSR count). The monoisotopic (exact) mass is 269 g/mol. The van der Waals surface area contributed by atoms with E-state index in [2.05, 4.69) is 10.3 Å². The largest absolute Gasteiger partial charge is 0.396 e. The fourth-order valence-electron chi connectivity index (χ4n) is 1.35. The van der Waals surface area contributed by atoms with Crippen LogP contribution in [0.15, 0.2) is 17.5 Å². The molecule has 1 amide bonds. The molecule has 0 radical (unpaired) electrons. The van der Waals surface area contributed by atoms with E-state index < -0.39 is 23.1 Å². The minimum atomic E-state index is -1.07. The molecule has 7 heteroatoms. The number of hydrogen-bond acceptors (Lipinski definition) is 4. The summed E-state index contributed by atoms with van der Waals surface area (Å²) < 4.78 is 27.0. The quantitative estimate of drug-likeness (QED) is 0.823. The van der Waals surface area contributed by atoms with Crippen molar-refractivity contribution in [2.45, 2.75) is 6.92 Å². The third-order valence-electron chi connectivity index (χ3n) is 2.19. The van der Waals surface area contributed by atoms with E-state index in [1.54, 1.807) is 12.3 Å². The number of nitrogens with two attached hydrogens (primary N) is 1. The van der Waals surface area contributed by atoms with Crippen LogP contribution in [0.4, 0.5) is 19.6 Å². The summed E-state index contributed by atoms with van der Waals surface area (Å²) in [6, 6.07) is 2.01. The lowest BCUT2D eigenvalue weighted by Crippen LogP contribution is -2.16. The number of amides is 1. The number of halogens is 2. The molecule has 0 unspecified atom stereocenters. The van der Waals surface area contributed by atoms with Gasteiger partial charge in [0.1, 0.15) is 11.4 Å². The summed E-state index contributed by atoms with van der Waals surface area (Å²) in [4.78, 5) is 15.7. The number of rotatable bonds is 2. The lowest BCUT2D eigenvalue weighted by Gasteiger charge is -2.06. The summed E-state index contributed by atoms with van der Waals surface area (Å²) in [5.41, 5.74) is 5.02. The van der Waals surface area contributed by atoms with Crippen LogP contribution in [0.1, 0.15) is 16.1 Å². The predicted molar refractivity (Wildman–Crippen MR) is 65.6 cm³/mol. The molecular weight excluding hydrogens is 260 g/mol. The molecule has 0 saturated carbocycles. The zero-order valence-corrected chi connectivity index (χ0v) is 10.1. The average molecular weight is 269 g/mol. The Balaban J connectivity index is 2.32. The van der Waals surface area contributed by atoms with E-state index in [1.807, 2.05) is 0 Å². The Kier molecular flexibility index (Phi) is 3.24. The van der Waals surface area contributed by atoms with Crippen molar-refractivity contribution in [2.75, 3.05) is 11.1 Å². The molecule has 4 nitrogen and oxygen atoms in total. The number of carbonyl (C=O) groups is 1. The number of aryl methyl sites for hydroxylation is 1. The molecule has 18 heavy (non-hydrogen) atoms. The normalized spacial score (nSPS) is 10.4. The summed E-state index contributed by atoms with van der Waals surface area (Å²) >= 11 is 1.17.